The summed E-state index contributed by atoms with van der Waals surface area (Å²) in [6.45, 7) is 4.18. The third-order valence-electron chi connectivity index (χ3n) is 2.60. The van der Waals surface area contributed by atoms with Crippen LogP contribution in [0.2, 0.25) is 0 Å². The van der Waals surface area contributed by atoms with E-state index in [4.69, 9.17) is 0 Å². The van der Waals surface area contributed by atoms with Gasteiger partial charge in [-0.1, -0.05) is 32.6 Å². The van der Waals surface area contributed by atoms with Crippen molar-refractivity contribution in [3.63, 3.8) is 0 Å². The summed E-state index contributed by atoms with van der Waals surface area (Å²) in [5.41, 5.74) is 0.945. The minimum atomic E-state index is 0.335. The molecule has 0 aliphatic heterocycles. The Morgan fingerprint density at radius 2 is 2.06 bits per heavy atom. The molecule has 3 heteroatoms. The molecule has 1 heterocycles. The van der Waals surface area contributed by atoms with Crippen molar-refractivity contribution < 1.29 is 4.79 Å². The van der Waals surface area contributed by atoms with Crippen LogP contribution in [0.1, 0.15) is 56.2 Å². The number of nitrogens with zero attached hydrogens (tertiary/aromatic N) is 1. The van der Waals surface area contributed by atoms with Crippen LogP contribution in [0.5, 0.6) is 0 Å². The van der Waals surface area contributed by atoms with E-state index in [-0.39, 0.29) is 0 Å². The monoisotopic (exact) mass is 239 g/mol. The van der Waals surface area contributed by atoms with Gasteiger partial charge < -0.3 is 0 Å². The van der Waals surface area contributed by atoms with Crippen LogP contribution in [0.4, 0.5) is 0 Å². The topological polar surface area (TPSA) is 30.0 Å². The predicted octanol–water partition coefficient (Wildman–Crippen LogP) is 3.92. The average molecular weight is 239 g/mol. The standard InChI is InChI=1S/C13H21NOS/c1-3-4-5-6-7-8-13(15)9-12-10-16-11(2)14-12/h10H,3-9H2,1-2H3. The fourth-order valence-corrected chi connectivity index (χ4v) is 2.32. The van der Waals surface area contributed by atoms with Gasteiger partial charge in [-0.3, -0.25) is 4.79 Å². The summed E-state index contributed by atoms with van der Waals surface area (Å²) in [7, 11) is 0. The molecule has 0 saturated heterocycles. The minimum Gasteiger partial charge on any atom is -0.299 e. The molecule has 0 N–H and O–H groups in total. The number of ketones is 1. The first-order valence-electron chi connectivity index (χ1n) is 6.15. The van der Waals surface area contributed by atoms with Crippen molar-refractivity contribution in [2.45, 2.75) is 58.8 Å². The van der Waals surface area contributed by atoms with Crippen LogP contribution in [0.3, 0.4) is 0 Å². The Kier molecular flexibility index (Phi) is 6.31. The highest BCUT2D eigenvalue weighted by atomic mass is 32.1. The number of Topliss-reactive ketones (excluding diaryl/α,β-unsaturated/α-hetero) is 1. The maximum atomic E-state index is 11.6. The van der Waals surface area contributed by atoms with Crippen molar-refractivity contribution in [1.82, 2.24) is 4.98 Å². The number of rotatable bonds is 8. The van der Waals surface area contributed by atoms with Crippen molar-refractivity contribution >= 4 is 17.1 Å². The molecule has 0 amide bonds. The maximum absolute atomic E-state index is 11.6. The van der Waals surface area contributed by atoms with Crippen LogP contribution in [-0.2, 0) is 11.2 Å². The number of unbranched alkanes of at least 4 members (excludes halogenated alkanes) is 4. The third kappa shape index (κ3) is 5.40. The van der Waals surface area contributed by atoms with Crippen molar-refractivity contribution in [2.75, 3.05) is 0 Å². The Bertz CT molecular complexity index is 319. The van der Waals surface area contributed by atoms with Gasteiger partial charge in [-0.05, 0) is 13.3 Å². The number of carbonyl (C=O) groups is 1. The molecule has 0 aliphatic rings. The number of aryl methyl sites for hydroxylation is 1. The van der Waals surface area contributed by atoms with E-state index in [0.29, 0.717) is 12.2 Å². The molecule has 16 heavy (non-hydrogen) atoms. The van der Waals surface area contributed by atoms with Gasteiger partial charge in [-0.25, -0.2) is 4.98 Å². The zero-order valence-corrected chi connectivity index (χ0v) is 11.1. The third-order valence-corrected chi connectivity index (χ3v) is 3.43. The average Bonchev–Trinajstić information content (AvgIpc) is 2.63. The van der Waals surface area contributed by atoms with Gasteiger partial charge in [-0.2, -0.15) is 0 Å². The van der Waals surface area contributed by atoms with Gasteiger partial charge in [0.2, 0.25) is 0 Å². The highest BCUT2D eigenvalue weighted by Gasteiger charge is 2.06. The molecule has 0 radical (unpaired) electrons. The zero-order chi connectivity index (χ0) is 11.8. The molecule has 1 aromatic rings. The molecule has 0 atom stereocenters. The summed E-state index contributed by atoms with van der Waals surface area (Å²) in [5.74, 6) is 0.335. The second-order valence-corrected chi connectivity index (χ2v) is 5.30. The lowest BCUT2D eigenvalue weighted by molar-refractivity contribution is -0.118. The summed E-state index contributed by atoms with van der Waals surface area (Å²) in [6, 6.07) is 0. The molecule has 0 aliphatic carbocycles. The van der Waals surface area contributed by atoms with E-state index in [9.17, 15) is 4.79 Å². The van der Waals surface area contributed by atoms with E-state index in [1.165, 1.54) is 25.7 Å². The van der Waals surface area contributed by atoms with E-state index in [0.717, 1.165) is 23.5 Å². The first-order valence-corrected chi connectivity index (χ1v) is 7.03. The van der Waals surface area contributed by atoms with Gasteiger partial charge in [-0.15, -0.1) is 11.3 Å². The first kappa shape index (κ1) is 13.4. The van der Waals surface area contributed by atoms with Crippen molar-refractivity contribution in [2.24, 2.45) is 0 Å². The van der Waals surface area contributed by atoms with Crippen LogP contribution in [0, 0.1) is 6.92 Å². The zero-order valence-electron chi connectivity index (χ0n) is 10.3. The van der Waals surface area contributed by atoms with E-state index in [2.05, 4.69) is 11.9 Å². The molecule has 0 fully saturated rings. The van der Waals surface area contributed by atoms with Crippen molar-refractivity contribution in [3.05, 3.63) is 16.1 Å². The first-order chi connectivity index (χ1) is 7.72. The van der Waals surface area contributed by atoms with Gasteiger partial charge in [0.1, 0.15) is 5.78 Å². The molecule has 90 valence electrons. The van der Waals surface area contributed by atoms with E-state index < -0.39 is 0 Å². The van der Waals surface area contributed by atoms with Crippen molar-refractivity contribution in [1.29, 1.82) is 0 Å². The number of aromatic nitrogens is 1. The smallest absolute Gasteiger partial charge is 0.138 e. The molecule has 1 rings (SSSR count). The van der Waals surface area contributed by atoms with Gasteiger partial charge in [0, 0.05) is 18.2 Å². The summed E-state index contributed by atoms with van der Waals surface area (Å²) >= 11 is 1.62. The van der Waals surface area contributed by atoms with Crippen LogP contribution < -0.4 is 0 Å². The molecule has 0 spiro atoms. The second-order valence-electron chi connectivity index (χ2n) is 4.24. The van der Waals surface area contributed by atoms with E-state index in [1.54, 1.807) is 11.3 Å². The predicted molar refractivity (Wildman–Crippen MR) is 68.9 cm³/mol. The molecular formula is C13H21NOS. The Morgan fingerprint density at radius 3 is 2.69 bits per heavy atom. The Hall–Kier alpha value is -0.700. The minimum absolute atomic E-state index is 0.335. The SMILES string of the molecule is CCCCCCCC(=O)Cc1csc(C)n1. The van der Waals surface area contributed by atoms with Gasteiger partial charge in [0.05, 0.1) is 10.7 Å². The van der Waals surface area contributed by atoms with Gasteiger partial charge in [0.15, 0.2) is 0 Å². The fraction of sp³-hybridized carbons (Fsp3) is 0.692. The number of carbonyl (C=O) groups excluding carboxylic acids is 1. The van der Waals surface area contributed by atoms with Crippen LogP contribution in [0.25, 0.3) is 0 Å². The highest BCUT2D eigenvalue weighted by molar-refractivity contribution is 7.09. The lowest BCUT2D eigenvalue weighted by atomic mass is 10.1. The van der Waals surface area contributed by atoms with Gasteiger partial charge >= 0.3 is 0 Å². The molecule has 0 bridgehead atoms. The lowest BCUT2D eigenvalue weighted by Crippen LogP contribution is -2.02. The molecule has 0 unspecified atom stereocenters. The van der Waals surface area contributed by atoms with Crippen LogP contribution in [-0.4, -0.2) is 10.8 Å². The largest absolute Gasteiger partial charge is 0.299 e. The van der Waals surface area contributed by atoms with Crippen molar-refractivity contribution in [3.8, 4) is 0 Å². The maximum Gasteiger partial charge on any atom is 0.138 e. The van der Waals surface area contributed by atoms with Gasteiger partial charge in [0.25, 0.3) is 0 Å². The molecule has 0 saturated carbocycles. The Labute approximate surface area is 102 Å². The van der Waals surface area contributed by atoms with Crippen LogP contribution >= 0.6 is 11.3 Å². The van der Waals surface area contributed by atoms with Crippen LogP contribution in [0.15, 0.2) is 5.38 Å². The van der Waals surface area contributed by atoms with E-state index >= 15 is 0 Å². The number of thiazole rings is 1. The highest BCUT2D eigenvalue weighted by Crippen LogP contribution is 2.11. The summed E-state index contributed by atoms with van der Waals surface area (Å²) in [6.07, 6.45) is 7.29. The lowest BCUT2D eigenvalue weighted by Gasteiger charge is -1.99. The summed E-state index contributed by atoms with van der Waals surface area (Å²) in [4.78, 5) is 15.9. The summed E-state index contributed by atoms with van der Waals surface area (Å²) < 4.78 is 0. The Balaban J connectivity index is 2.11. The van der Waals surface area contributed by atoms with E-state index in [1.807, 2.05) is 12.3 Å². The number of hydrogen-bond donors (Lipinski definition) is 0. The Morgan fingerprint density at radius 1 is 1.31 bits per heavy atom. The molecule has 1 aromatic heterocycles. The molecule has 2 nitrogen and oxygen atoms in total. The summed E-state index contributed by atoms with van der Waals surface area (Å²) in [5, 5.41) is 3.04. The normalized spacial score (nSPS) is 10.6. The fourth-order valence-electron chi connectivity index (χ4n) is 1.71. The quantitative estimate of drug-likeness (QED) is 0.643. The number of hydrogen-bond acceptors (Lipinski definition) is 3. The second kappa shape index (κ2) is 7.55. The molecule has 0 aromatic carbocycles. The molecular weight excluding hydrogens is 218 g/mol.